The molecule has 2 rings (SSSR count). The average molecular weight is 200 g/mol. The maximum Gasteiger partial charge on any atom is 0.0457 e. The van der Waals surface area contributed by atoms with Gasteiger partial charge in [0.05, 0.1) is 0 Å². The van der Waals surface area contributed by atoms with Gasteiger partial charge in [-0.15, -0.1) is 0 Å². The Morgan fingerprint density at radius 2 is 2.13 bits per heavy atom. The Bertz CT molecular complexity index is 482. The van der Waals surface area contributed by atoms with Crippen LogP contribution in [0.15, 0.2) is 30.5 Å². The predicted octanol–water partition coefficient (Wildman–Crippen LogP) is 3.70. The van der Waals surface area contributed by atoms with Crippen LogP contribution in [0.25, 0.3) is 10.9 Å². The van der Waals surface area contributed by atoms with E-state index in [2.05, 4.69) is 24.0 Å². The minimum Gasteiger partial charge on any atom is -0.361 e. The number of H-pyrrole nitrogens is 1. The molecule has 0 aliphatic heterocycles. The Morgan fingerprint density at radius 1 is 1.40 bits per heavy atom. The summed E-state index contributed by atoms with van der Waals surface area (Å²) in [4.78, 5) is 3.25. The first-order valence-corrected chi connectivity index (χ1v) is 5.37. The van der Waals surface area contributed by atoms with Crippen molar-refractivity contribution in [2.75, 3.05) is 0 Å². The summed E-state index contributed by atoms with van der Waals surface area (Å²) in [5.41, 5.74) is 3.18. The molecule has 1 heterocycles. The van der Waals surface area contributed by atoms with E-state index in [4.69, 9.17) is 5.41 Å². The fourth-order valence-electron chi connectivity index (χ4n) is 1.95. The smallest absolute Gasteiger partial charge is 0.0457 e. The van der Waals surface area contributed by atoms with Gasteiger partial charge in [0.25, 0.3) is 0 Å². The van der Waals surface area contributed by atoms with Crippen molar-refractivity contribution in [2.24, 2.45) is 0 Å². The minimum atomic E-state index is 0.214. The summed E-state index contributed by atoms with van der Waals surface area (Å²) < 4.78 is 0. The van der Waals surface area contributed by atoms with E-state index < -0.39 is 0 Å². The molecule has 0 radical (unpaired) electrons. The second-order valence-electron chi connectivity index (χ2n) is 3.89. The monoisotopic (exact) mass is 200 g/mol. The zero-order valence-electron chi connectivity index (χ0n) is 9.17. The van der Waals surface area contributed by atoms with Gasteiger partial charge < -0.3 is 10.4 Å². The molecule has 15 heavy (non-hydrogen) atoms. The van der Waals surface area contributed by atoms with Crippen molar-refractivity contribution in [3.05, 3.63) is 36.0 Å². The molecule has 0 fully saturated rings. The molecule has 0 aliphatic rings. The molecule has 0 spiro atoms. The molecule has 1 aromatic carbocycles. The third-order valence-corrected chi connectivity index (χ3v) is 2.99. The van der Waals surface area contributed by atoms with Crippen LogP contribution < -0.4 is 0 Å². The lowest BCUT2D eigenvalue weighted by molar-refractivity contribution is 0.974. The van der Waals surface area contributed by atoms with Crippen LogP contribution in [0, 0.1) is 5.41 Å². The summed E-state index contributed by atoms with van der Waals surface area (Å²) in [6.45, 7) is 4.13. The maximum atomic E-state index is 7.88. The second kappa shape index (κ2) is 3.89. The lowest BCUT2D eigenvalue weighted by Gasteiger charge is -2.10. The molecule has 2 heteroatoms. The third kappa shape index (κ3) is 1.67. The first-order valence-electron chi connectivity index (χ1n) is 5.37. The summed E-state index contributed by atoms with van der Waals surface area (Å²) in [6.07, 6.45) is 2.85. The van der Waals surface area contributed by atoms with Gasteiger partial charge in [0.1, 0.15) is 0 Å². The van der Waals surface area contributed by atoms with Crippen LogP contribution in [0.2, 0.25) is 0 Å². The topological polar surface area (TPSA) is 39.6 Å². The number of fused-ring (bicyclic) bond motifs is 1. The number of benzene rings is 1. The van der Waals surface area contributed by atoms with Gasteiger partial charge in [0.15, 0.2) is 0 Å². The highest BCUT2D eigenvalue weighted by Gasteiger charge is 2.13. The van der Waals surface area contributed by atoms with Gasteiger partial charge in [-0.25, -0.2) is 0 Å². The fourth-order valence-corrected chi connectivity index (χ4v) is 1.95. The highest BCUT2D eigenvalue weighted by molar-refractivity contribution is 5.93. The number of rotatable bonds is 3. The van der Waals surface area contributed by atoms with Crippen molar-refractivity contribution in [1.82, 2.24) is 4.98 Å². The van der Waals surface area contributed by atoms with E-state index in [0.717, 1.165) is 17.6 Å². The van der Waals surface area contributed by atoms with Crippen molar-refractivity contribution in [3.63, 3.8) is 0 Å². The number of hydrogen-bond acceptors (Lipinski definition) is 1. The van der Waals surface area contributed by atoms with E-state index in [0.29, 0.717) is 0 Å². The largest absolute Gasteiger partial charge is 0.361 e. The van der Waals surface area contributed by atoms with E-state index >= 15 is 0 Å². The highest BCUT2D eigenvalue weighted by Crippen LogP contribution is 2.26. The van der Waals surface area contributed by atoms with E-state index in [1.807, 2.05) is 25.3 Å². The minimum absolute atomic E-state index is 0.214. The van der Waals surface area contributed by atoms with Gasteiger partial charge in [0, 0.05) is 28.7 Å². The zero-order valence-corrected chi connectivity index (χ0v) is 9.17. The van der Waals surface area contributed by atoms with Crippen LogP contribution in [-0.2, 0) is 0 Å². The maximum absolute atomic E-state index is 7.88. The molecule has 78 valence electrons. The van der Waals surface area contributed by atoms with Gasteiger partial charge in [-0.3, -0.25) is 0 Å². The molecule has 0 amide bonds. The molecular formula is C13H16N2. The Kier molecular flexibility index (Phi) is 2.58. The van der Waals surface area contributed by atoms with Crippen LogP contribution in [-0.4, -0.2) is 10.7 Å². The van der Waals surface area contributed by atoms with Crippen molar-refractivity contribution >= 4 is 16.6 Å². The third-order valence-electron chi connectivity index (χ3n) is 2.99. The number of nitrogens with one attached hydrogen (secondary N) is 2. The Morgan fingerprint density at radius 3 is 2.87 bits per heavy atom. The summed E-state index contributed by atoms with van der Waals surface area (Å²) in [6, 6.07) is 8.25. The van der Waals surface area contributed by atoms with E-state index in [1.165, 1.54) is 10.9 Å². The second-order valence-corrected chi connectivity index (χ2v) is 3.89. The molecule has 2 aromatic rings. The van der Waals surface area contributed by atoms with Gasteiger partial charge in [-0.2, -0.15) is 0 Å². The van der Waals surface area contributed by atoms with E-state index in [1.54, 1.807) is 0 Å². The van der Waals surface area contributed by atoms with Gasteiger partial charge >= 0.3 is 0 Å². The summed E-state index contributed by atoms with van der Waals surface area (Å²) in [5, 5.41) is 9.12. The van der Waals surface area contributed by atoms with Crippen LogP contribution in [0.4, 0.5) is 0 Å². The van der Waals surface area contributed by atoms with Crippen molar-refractivity contribution < 1.29 is 0 Å². The Labute approximate surface area is 89.8 Å². The van der Waals surface area contributed by atoms with Crippen LogP contribution in [0.5, 0.6) is 0 Å². The first kappa shape index (κ1) is 9.97. The quantitative estimate of drug-likeness (QED) is 0.709. The molecule has 2 N–H and O–H groups in total. The van der Waals surface area contributed by atoms with Crippen LogP contribution in [0.3, 0.4) is 0 Å². The van der Waals surface area contributed by atoms with Gasteiger partial charge in [0.2, 0.25) is 0 Å². The van der Waals surface area contributed by atoms with Crippen molar-refractivity contribution in [1.29, 1.82) is 5.41 Å². The number of aromatic amines is 1. The predicted molar refractivity (Wildman–Crippen MR) is 64.7 cm³/mol. The van der Waals surface area contributed by atoms with Gasteiger partial charge in [-0.05, 0) is 18.1 Å². The first-order chi connectivity index (χ1) is 7.24. The standard InChI is InChI=1S/C13H16N2/c1-3-12(14)9(2)11-8-15-13-7-5-4-6-10(11)13/h4-9,14-15H,3H2,1-2H3. The van der Waals surface area contributed by atoms with E-state index in [-0.39, 0.29) is 5.92 Å². The lowest BCUT2D eigenvalue weighted by Crippen LogP contribution is -2.05. The highest BCUT2D eigenvalue weighted by atomic mass is 14.7. The molecule has 2 nitrogen and oxygen atoms in total. The Balaban J connectivity index is 2.48. The summed E-state index contributed by atoms with van der Waals surface area (Å²) in [5.74, 6) is 0.214. The summed E-state index contributed by atoms with van der Waals surface area (Å²) >= 11 is 0. The van der Waals surface area contributed by atoms with Gasteiger partial charge in [-0.1, -0.05) is 32.0 Å². The van der Waals surface area contributed by atoms with Crippen molar-refractivity contribution in [2.45, 2.75) is 26.2 Å². The lowest BCUT2D eigenvalue weighted by atomic mass is 9.94. The number of aromatic nitrogens is 1. The molecule has 1 aromatic heterocycles. The molecule has 0 bridgehead atoms. The number of hydrogen-bond donors (Lipinski definition) is 2. The molecule has 0 saturated heterocycles. The fraction of sp³-hybridized carbons (Fsp3) is 0.308. The summed E-state index contributed by atoms with van der Waals surface area (Å²) in [7, 11) is 0. The van der Waals surface area contributed by atoms with Crippen LogP contribution in [0.1, 0.15) is 31.7 Å². The molecule has 1 atom stereocenters. The zero-order chi connectivity index (χ0) is 10.8. The van der Waals surface area contributed by atoms with Crippen LogP contribution >= 0.6 is 0 Å². The normalized spacial score (nSPS) is 12.9. The SMILES string of the molecule is CCC(=N)C(C)c1c[nH]c2ccccc12. The number of para-hydroxylation sites is 1. The molecule has 0 aliphatic carbocycles. The van der Waals surface area contributed by atoms with E-state index in [9.17, 15) is 0 Å². The molecule has 0 saturated carbocycles. The van der Waals surface area contributed by atoms with Crippen molar-refractivity contribution in [3.8, 4) is 0 Å². The molecular weight excluding hydrogens is 184 g/mol. The average Bonchev–Trinajstić information content (AvgIpc) is 2.70. The Hall–Kier alpha value is -1.57. The molecule has 1 unspecified atom stereocenters.